The number of benzene rings is 2. The van der Waals surface area contributed by atoms with E-state index in [1.165, 1.54) is 15.5 Å². The lowest BCUT2D eigenvalue weighted by atomic mass is 9.95. The summed E-state index contributed by atoms with van der Waals surface area (Å²) in [6.07, 6.45) is 6.19. The van der Waals surface area contributed by atoms with Gasteiger partial charge in [-0.3, -0.25) is 14.2 Å². The van der Waals surface area contributed by atoms with Crippen LogP contribution >= 0.6 is 0 Å². The first-order valence-electron chi connectivity index (χ1n) is 13.3. The number of rotatable bonds is 7. The van der Waals surface area contributed by atoms with Gasteiger partial charge < -0.3 is 5.32 Å². The van der Waals surface area contributed by atoms with Gasteiger partial charge in [0, 0.05) is 18.2 Å². The van der Waals surface area contributed by atoms with Crippen LogP contribution in [0.25, 0.3) is 16.7 Å². The van der Waals surface area contributed by atoms with Crippen molar-refractivity contribution in [2.24, 2.45) is 5.92 Å². The van der Waals surface area contributed by atoms with Gasteiger partial charge in [0.15, 0.2) is 0 Å². The average Bonchev–Trinajstić information content (AvgIpc) is 3.21. The molecule has 8 heteroatoms. The van der Waals surface area contributed by atoms with Crippen molar-refractivity contribution in [3.63, 3.8) is 0 Å². The van der Waals surface area contributed by atoms with E-state index in [-0.39, 0.29) is 23.2 Å². The molecule has 0 aliphatic heterocycles. The number of hydrogen-bond acceptors (Lipinski definition) is 4. The Morgan fingerprint density at radius 3 is 2.57 bits per heavy atom. The first-order chi connectivity index (χ1) is 17.8. The quantitative estimate of drug-likeness (QED) is 0.409. The number of amides is 1. The van der Waals surface area contributed by atoms with Crippen molar-refractivity contribution in [1.82, 2.24) is 24.1 Å². The molecular weight excluding hydrogens is 466 g/mol. The third-order valence-electron chi connectivity index (χ3n) is 7.49. The Morgan fingerprint density at radius 1 is 1.08 bits per heavy atom. The van der Waals surface area contributed by atoms with E-state index in [0.717, 1.165) is 43.2 Å². The maximum Gasteiger partial charge on any atom is 0.352 e. The molecule has 5 rings (SSSR count). The molecule has 0 saturated heterocycles. The summed E-state index contributed by atoms with van der Waals surface area (Å²) in [6.45, 7) is 6.96. The van der Waals surface area contributed by atoms with Crippen LogP contribution in [0.3, 0.4) is 0 Å². The van der Waals surface area contributed by atoms with Gasteiger partial charge in [-0.15, -0.1) is 5.10 Å². The van der Waals surface area contributed by atoms with Crippen LogP contribution in [0.4, 0.5) is 0 Å². The molecule has 0 bridgehead atoms. The van der Waals surface area contributed by atoms with Gasteiger partial charge in [0.2, 0.25) is 5.78 Å². The minimum atomic E-state index is -0.327. The van der Waals surface area contributed by atoms with Crippen molar-refractivity contribution in [3.8, 4) is 0 Å². The third kappa shape index (κ3) is 4.97. The average molecular weight is 502 g/mol. The zero-order chi connectivity index (χ0) is 26.1. The van der Waals surface area contributed by atoms with Crippen molar-refractivity contribution < 1.29 is 4.79 Å². The number of fused-ring (bicyclic) bond motifs is 3. The van der Waals surface area contributed by atoms with Gasteiger partial charge in [-0.25, -0.2) is 13.9 Å². The van der Waals surface area contributed by atoms with Crippen LogP contribution in [0.2, 0.25) is 0 Å². The molecule has 194 valence electrons. The number of hydrogen-bond donors (Lipinski definition) is 1. The molecule has 0 unspecified atom stereocenters. The van der Waals surface area contributed by atoms with Crippen LogP contribution < -0.4 is 16.6 Å². The zero-order valence-corrected chi connectivity index (χ0v) is 21.9. The highest BCUT2D eigenvalue weighted by molar-refractivity contribution is 5.98. The number of carbonyl (C=O) groups excluding carboxylic acids is 1. The third-order valence-corrected chi connectivity index (χ3v) is 7.49. The van der Waals surface area contributed by atoms with Crippen molar-refractivity contribution in [3.05, 3.63) is 80.0 Å². The molecule has 0 spiro atoms. The fraction of sp³-hybridized carbons (Fsp3) is 0.448. The summed E-state index contributed by atoms with van der Waals surface area (Å²) < 4.78 is 4.50. The molecule has 37 heavy (non-hydrogen) atoms. The van der Waals surface area contributed by atoms with E-state index in [9.17, 15) is 14.4 Å². The molecule has 1 fully saturated rings. The van der Waals surface area contributed by atoms with Gasteiger partial charge in [0.05, 0.1) is 17.4 Å². The fourth-order valence-corrected chi connectivity index (χ4v) is 5.21. The second-order valence-corrected chi connectivity index (χ2v) is 10.7. The van der Waals surface area contributed by atoms with Gasteiger partial charge in [0.1, 0.15) is 0 Å². The first-order valence-corrected chi connectivity index (χ1v) is 13.3. The normalized spacial score (nSPS) is 14.6. The summed E-state index contributed by atoms with van der Waals surface area (Å²) >= 11 is 0. The number of aryl methyl sites for hydroxylation is 2. The van der Waals surface area contributed by atoms with Crippen LogP contribution in [-0.2, 0) is 13.1 Å². The molecule has 8 nitrogen and oxygen atoms in total. The lowest BCUT2D eigenvalue weighted by Gasteiger charge is -2.22. The highest BCUT2D eigenvalue weighted by Gasteiger charge is 2.21. The number of nitrogens with zero attached hydrogens (tertiary/aromatic N) is 4. The monoisotopic (exact) mass is 501 g/mol. The zero-order valence-electron chi connectivity index (χ0n) is 21.9. The summed E-state index contributed by atoms with van der Waals surface area (Å²) in [5.74, 6) is 0.516. The highest BCUT2D eigenvalue weighted by Crippen LogP contribution is 2.19. The van der Waals surface area contributed by atoms with Gasteiger partial charge >= 0.3 is 5.69 Å². The molecular formula is C29H35N5O3. The van der Waals surface area contributed by atoms with E-state index < -0.39 is 0 Å². The molecule has 1 aliphatic carbocycles. The second kappa shape index (κ2) is 10.4. The van der Waals surface area contributed by atoms with Gasteiger partial charge in [-0.1, -0.05) is 57.4 Å². The number of nitrogens with one attached hydrogen (secondary N) is 1. The van der Waals surface area contributed by atoms with Crippen LogP contribution in [-0.4, -0.2) is 30.7 Å². The lowest BCUT2D eigenvalue weighted by molar-refractivity contribution is 0.0928. The summed E-state index contributed by atoms with van der Waals surface area (Å²) in [5, 5.41) is 8.18. The maximum atomic E-state index is 13.7. The molecule has 1 amide bonds. The Bertz CT molecular complexity index is 1570. The standard InChI is InChI=1S/C29H35N5O3/c1-19(2)15-16-32-27(36)24-14-13-21(26(35)30-23-11-5-4-6-12-23)17-25(24)34-28(32)31-33(29(34)37)18-22-10-8-7-9-20(22)3/h7-10,13-14,17,19,23H,4-6,11-12,15-16,18H2,1-3H3,(H,30,35). The van der Waals surface area contributed by atoms with Gasteiger partial charge in [-0.2, -0.15) is 0 Å². The van der Waals surface area contributed by atoms with E-state index in [0.29, 0.717) is 41.3 Å². The van der Waals surface area contributed by atoms with Crippen LogP contribution in [0.1, 0.15) is 73.9 Å². The predicted octanol–water partition coefficient (Wildman–Crippen LogP) is 4.28. The van der Waals surface area contributed by atoms with E-state index in [2.05, 4.69) is 24.3 Å². The van der Waals surface area contributed by atoms with Crippen molar-refractivity contribution in [1.29, 1.82) is 0 Å². The molecule has 1 saturated carbocycles. The second-order valence-electron chi connectivity index (χ2n) is 10.7. The minimum Gasteiger partial charge on any atom is -0.349 e. The number of aromatic nitrogens is 4. The maximum absolute atomic E-state index is 13.7. The number of carbonyl (C=O) groups is 1. The molecule has 2 aromatic heterocycles. The van der Waals surface area contributed by atoms with Crippen molar-refractivity contribution in [2.75, 3.05) is 0 Å². The Balaban J connectivity index is 1.65. The Kier molecular flexibility index (Phi) is 7.00. The lowest BCUT2D eigenvalue weighted by Crippen LogP contribution is -2.36. The van der Waals surface area contributed by atoms with E-state index in [1.54, 1.807) is 22.8 Å². The summed E-state index contributed by atoms with van der Waals surface area (Å²) in [6, 6.07) is 13.1. The molecule has 4 aromatic rings. The van der Waals surface area contributed by atoms with E-state index >= 15 is 0 Å². The molecule has 0 radical (unpaired) electrons. The largest absolute Gasteiger partial charge is 0.352 e. The Morgan fingerprint density at radius 2 is 1.84 bits per heavy atom. The fourth-order valence-electron chi connectivity index (χ4n) is 5.21. The van der Waals surface area contributed by atoms with Crippen LogP contribution in [0, 0.1) is 12.8 Å². The summed E-state index contributed by atoms with van der Waals surface area (Å²) in [7, 11) is 0. The first kappa shape index (κ1) is 25.0. The van der Waals surface area contributed by atoms with Crippen LogP contribution in [0.15, 0.2) is 52.1 Å². The Hall–Kier alpha value is -3.68. The summed E-state index contributed by atoms with van der Waals surface area (Å²) in [4.78, 5) is 40.4. The SMILES string of the molecule is Cc1ccccc1Cn1nc2n(CCC(C)C)c(=O)c3ccc(C(=O)NC4CCCCC4)cc3n2c1=O. The molecule has 2 heterocycles. The molecule has 1 N–H and O–H groups in total. The van der Waals surface area contributed by atoms with Crippen molar-refractivity contribution in [2.45, 2.75) is 78.4 Å². The summed E-state index contributed by atoms with van der Waals surface area (Å²) in [5.41, 5.74) is 2.38. The van der Waals surface area contributed by atoms with Gasteiger partial charge in [0.25, 0.3) is 11.5 Å². The van der Waals surface area contributed by atoms with E-state index in [4.69, 9.17) is 0 Å². The van der Waals surface area contributed by atoms with E-state index in [1.807, 2.05) is 31.2 Å². The minimum absolute atomic E-state index is 0.167. The van der Waals surface area contributed by atoms with Crippen LogP contribution in [0.5, 0.6) is 0 Å². The Labute approximate surface area is 215 Å². The molecule has 1 aliphatic rings. The van der Waals surface area contributed by atoms with Crippen molar-refractivity contribution >= 4 is 22.6 Å². The smallest absolute Gasteiger partial charge is 0.349 e. The van der Waals surface area contributed by atoms with Gasteiger partial charge in [-0.05, 0) is 61.4 Å². The molecule has 2 aromatic carbocycles. The topological polar surface area (TPSA) is 90.4 Å². The molecule has 0 atom stereocenters. The predicted molar refractivity (Wildman–Crippen MR) is 145 cm³/mol. The highest BCUT2D eigenvalue weighted by atomic mass is 16.2.